The smallest absolute Gasteiger partial charge is 0.117 e. The molecule has 0 unspecified atom stereocenters. The summed E-state index contributed by atoms with van der Waals surface area (Å²) in [5.41, 5.74) is 0.942. The van der Waals surface area contributed by atoms with E-state index in [-0.39, 0.29) is 5.92 Å². The van der Waals surface area contributed by atoms with E-state index in [0.717, 1.165) is 37.1 Å². The first kappa shape index (κ1) is 15.5. The van der Waals surface area contributed by atoms with Crippen molar-refractivity contribution in [3.8, 4) is 0 Å². The van der Waals surface area contributed by atoms with Crippen molar-refractivity contribution in [2.75, 3.05) is 20.1 Å². The van der Waals surface area contributed by atoms with Crippen LogP contribution in [0.4, 0.5) is 0 Å². The van der Waals surface area contributed by atoms with E-state index >= 15 is 0 Å². The average Bonchev–Trinajstić information content (AvgIpc) is 2.56. The molecule has 1 atom stereocenters. The predicted molar refractivity (Wildman–Crippen MR) is 91.1 cm³/mol. The summed E-state index contributed by atoms with van der Waals surface area (Å²) < 4.78 is 0. The van der Waals surface area contributed by atoms with E-state index < -0.39 is 5.60 Å². The Balaban J connectivity index is 2.04. The first-order valence-corrected chi connectivity index (χ1v) is 8.21. The lowest BCUT2D eigenvalue weighted by Crippen LogP contribution is -2.43. The molecule has 0 bridgehead atoms. The molecule has 116 valence electrons. The zero-order valence-electron chi connectivity index (χ0n) is 12.9. The van der Waals surface area contributed by atoms with Gasteiger partial charge in [-0.2, -0.15) is 0 Å². The molecule has 1 heterocycles. The lowest BCUT2D eigenvalue weighted by Gasteiger charge is -2.41. The van der Waals surface area contributed by atoms with Crippen molar-refractivity contribution in [3.63, 3.8) is 0 Å². The fourth-order valence-electron chi connectivity index (χ4n) is 3.46. The van der Waals surface area contributed by atoms with Gasteiger partial charge in [-0.05, 0) is 62.2 Å². The first-order valence-electron chi connectivity index (χ1n) is 7.83. The van der Waals surface area contributed by atoms with E-state index in [1.54, 1.807) is 0 Å². The topological polar surface area (TPSA) is 23.5 Å². The van der Waals surface area contributed by atoms with Gasteiger partial charge in [0.15, 0.2) is 0 Å². The van der Waals surface area contributed by atoms with Crippen LogP contribution in [0.3, 0.4) is 0 Å². The highest BCUT2D eigenvalue weighted by Crippen LogP contribution is 2.41. The maximum absolute atomic E-state index is 11.7. The third-order valence-corrected chi connectivity index (χ3v) is 5.06. The van der Waals surface area contributed by atoms with E-state index in [1.165, 1.54) is 0 Å². The molecule has 2 aromatic carbocycles. The van der Waals surface area contributed by atoms with Crippen molar-refractivity contribution < 1.29 is 5.11 Å². The highest BCUT2D eigenvalue weighted by atomic mass is 35.5. The number of rotatable bonds is 3. The van der Waals surface area contributed by atoms with Crippen LogP contribution in [0.2, 0.25) is 5.02 Å². The van der Waals surface area contributed by atoms with Crippen molar-refractivity contribution in [3.05, 3.63) is 70.7 Å². The molecule has 1 aliphatic heterocycles. The quantitative estimate of drug-likeness (QED) is 0.928. The Kier molecular flexibility index (Phi) is 4.53. The van der Waals surface area contributed by atoms with Crippen molar-refractivity contribution >= 4 is 11.6 Å². The summed E-state index contributed by atoms with van der Waals surface area (Å²) in [5, 5.41) is 12.4. The van der Waals surface area contributed by atoms with E-state index in [2.05, 4.69) is 11.9 Å². The fourth-order valence-corrected chi connectivity index (χ4v) is 3.59. The Labute approximate surface area is 137 Å². The summed E-state index contributed by atoms with van der Waals surface area (Å²) in [5.74, 6) is 0.215. The van der Waals surface area contributed by atoms with Gasteiger partial charge < -0.3 is 10.0 Å². The van der Waals surface area contributed by atoms with E-state index in [0.29, 0.717) is 5.02 Å². The van der Waals surface area contributed by atoms with Crippen LogP contribution in [-0.2, 0) is 5.60 Å². The molecular weight excluding hydrogens is 294 g/mol. The lowest BCUT2D eigenvalue weighted by atomic mass is 9.72. The Morgan fingerprint density at radius 1 is 0.955 bits per heavy atom. The van der Waals surface area contributed by atoms with Crippen LogP contribution in [0.25, 0.3) is 0 Å². The summed E-state index contributed by atoms with van der Waals surface area (Å²) in [7, 11) is 2.14. The Hall–Kier alpha value is -1.35. The third-order valence-electron chi connectivity index (χ3n) is 4.81. The Morgan fingerprint density at radius 2 is 1.50 bits per heavy atom. The summed E-state index contributed by atoms with van der Waals surface area (Å²) in [4.78, 5) is 2.32. The van der Waals surface area contributed by atoms with Gasteiger partial charge in [-0.1, -0.05) is 54.1 Å². The number of hydrogen-bond acceptors (Lipinski definition) is 2. The molecule has 1 saturated heterocycles. The van der Waals surface area contributed by atoms with Crippen LogP contribution in [0, 0.1) is 5.92 Å². The van der Waals surface area contributed by atoms with Gasteiger partial charge >= 0.3 is 0 Å². The molecule has 22 heavy (non-hydrogen) atoms. The summed E-state index contributed by atoms with van der Waals surface area (Å²) >= 11 is 6.02. The summed E-state index contributed by atoms with van der Waals surface area (Å²) in [6.07, 6.45) is 1.98. The number of halogens is 1. The van der Waals surface area contributed by atoms with Gasteiger partial charge in [0.2, 0.25) is 0 Å². The van der Waals surface area contributed by atoms with Crippen LogP contribution in [0.15, 0.2) is 54.6 Å². The van der Waals surface area contributed by atoms with Gasteiger partial charge in [-0.3, -0.25) is 0 Å². The molecule has 3 rings (SSSR count). The van der Waals surface area contributed by atoms with Crippen molar-refractivity contribution in [2.24, 2.45) is 5.92 Å². The van der Waals surface area contributed by atoms with E-state index in [9.17, 15) is 5.11 Å². The van der Waals surface area contributed by atoms with Crippen molar-refractivity contribution in [1.29, 1.82) is 0 Å². The second kappa shape index (κ2) is 6.41. The number of nitrogens with zero attached hydrogens (tertiary/aromatic N) is 1. The van der Waals surface area contributed by atoms with Crippen molar-refractivity contribution in [2.45, 2.75) is 18.4 Å². The minimum atomic E-state index is -0.951. The second-order valence-electron chi connectivity index (χ2n) is 6.22. The SMILES string of the molecule is CN1CCC([C@@](O)(c2ccccc2)c2ccc(Cl)cc2)CC1. The van der Waals surface area contributed by atoms with E-state index in [4.69, 9.17) is 11.6 Å². The molecule has 0 spiro atoms. The maximum atomic E-state index is 11.7. The zero-order chi connectivity index (χ0) is 15.6. The molecule has 1 aliphatic rings. The normalized spacial score (nSPS) is 19.8. The second-order valence-corrected chi connectivity index (χ2v) is 6.65. The number of hydrogen-bond donors (Lipinski definition) is 1. The average molecular weight is 316 g/mol. The van der Waals surface area contributed by atoms with Crippen LogP contribution in [0.1, 0.15) is 24.0 Å². The molecule has 1 N–H and O–H groups in total. The molecule has 0 aromatic heterocycles. The van der Waals surface area contributed by atoms with Gasteiger partial charge in [-0.25, -0.2) is 0 Å². The molecule has 0 saturated carbocycles. The monoisotopic (exact) mass is 315 g/mol. The molecule has 3 heteroatoms. The van der Waals surface area contributed by atoms with Crippen LogP contribution in [0.5, 0.6) is 0 Å². The summed E-state index contributed by atoms with van der Waals surface area (Å²) in [6, 6.07) is 17.6. The molecule has 0 aliphatic carbocycles. The number of aliphatic hydroxyl groups is 1. The van der Waals surface area contributed by atoms with Gasteiger partial charge in [-0.15, -0.1) is 0 Å². The molecule has 1 fully saturated rings. The number of likely N-dealkylation sites (tertiary alicyclic amines) is 1. The molecule has 0 radical (unpaired) electrons. The van der Waals surface area contributed by atoms with Crippen LogP contribution < -0.4 is 0 Å². The number of benzene rings is 2. The molecular formula is C19H22ClNO. The Morgan fingerprint density at radius 3 is 2.09 bits per heavy atom. The highest BCUT2D eigenvalue weighted by molar-refractivity contribution is 6.30. The van der Waals surface area contributed by atoms with E-state index in [1.807, 2.05) is 54.6 Å². The molecule has 2 aromatic rings. The van der Waals surface area contributed by atoms with Gasteiger partial charge in [0, 0.05) is 5.02 Å². The molecule has 0 amide bonds. The third kappa shape index (κ3) is 2.91. The molecule has 2 nitrogen and oxygen atoms in total. The minimum absolute atomic E-state index is 0.215. The van der Waals surface area contributed by atoms with Crippen LogP contribution >= 0.6 is 11.6 Å². The standard InChI is InChI=1S/C19H22ClNO/c1-21-13-11-17(12-14-21)19(22,15-5-3-2-4-6-15)16-7-9-18(20)10-8-16/h2-10,17,22H,11-14H2,1H3/t19-/m1/s1. The largest absolute Gasteiger partial charge is 0.380 e. The first-order chi connectivity index (χ1) is 10.6. The highest BCUT2D eigenvalue weighted by Gasteiger charge is 2.41. The zero-order valence-corrected chi connectivity index (χ0v) is 13.6. The van der Waals surface area contributed by atoms with Gasteiger partial charge in [0.1, 0.15) is 5.60 Å². The maximum Gasteiger partial charge on any atom is 0.117 e. The van der Waals surface area contributed by atoms with Crippen molar-refractivity contribution in [1.82, 2.24) is 4.90 Å². The van der Waals surface area contributed by atoms with Gasteiger partial charge in [0.05, 0.1) is 0 Å². The minimum Gasteiger partial charge on any atom is -0.380 e. The fraction of sp³-hybridized carbons (Fsp3) is 0.368. The lowest BCUT2D eigenvalue weighted by molar-refractivity contribution is -0.0109. The predicted octanol–water partition coefficient (Wildman–Crippen LogP) is 3.92. The summed E-state index contributed by atoms with van der Waals surface area (Å²) in [6.45, 7) is 2.04. The van der Waals surface area contributed by atoms with Crippen LogP contribution in [-0.4, -0.2) is 30.1 Å². The van der Waals surface area contributed by atoms with Gasteiger partial charge in [0.25, 0.3) is 0 Å². The Bertz CT molecular complexity index is 605. The number of piperidine rings is 1.